The van der Waals surface area contributed by atoms with Gasteiger partial charge in [-0.2, -0.15) is 0 Å². The number of benzene rings is 1. The summed E-state index contributed by atoms with van der Waals surface area (Å²) < 4.78 is 0. The molecule has 0 aliphatic carbocycles. The molecule has 2 amide bonds. The van der Waals surface area contributed by atoms with E-state index in [0.29, 0.717) is 12.3 Å². The monoisotopic (exact) mass is 343 g/mol. The van der Waals surface area contributed by atoms with E-state index in [2.05, 4.69) is 41.4 Å². The molecule has 136 valence electrons. The first-order chi connectivity index (χ1) is 12.1. The van der Waals surface area contributed by atoms with Crippen LogP contribution in [-0.4, -0.2) is 53.8 Å². The number of amides is 2. The standard InChI is InChI=1S/C20H29N3O2/c1-16-13-22(15-17-7-3-2-4-8-17)11-12-23(14-16)20(25)18-9-5-6-10-19(24)21-18/h2-4,7-8,16,18H,5-6,9-15H2,1H3,(H,21,24)/t16-,18-/m0/s1. The number of nitrogens with zero attached hydrogens (tertiary/aromatic N) is 2. The fourth-order valence-electron chi connectivity index (χ4n) is 3.88. The highest BCUT2D eigenvalue weighted by Gasteiger charge is 2.30. The first kappa shape index (κ1) is 17.9. The minimum Gasteiger partial charge on any atom is -0.344 e. The predicted molar refractivity (Wildman–Crippen MR) is 97.9 cm³/mol. The maximum Gasteiger partial charge on any atom is 0.245 e. The van der Waals surface area contributed by atoms with Gasteiger partial charge in [-0.05, 0) is 24.3 Å². The van der Waals surface area contributed by atoms with Crippen LogP contribution in [0.5, 0.6) is 0 Å². The van der Waals surface area contributed by atoms with Crippen molar-refractivity contribution in [1.82, 2.24) is 15.1 Å². The lowest BCUT2D eigenvalue weighted by Crippen LogP contribution is -2.49. The molecule has 1 aromatic rings. The van der Waals surface area contributed by atoms with Gasteiger partial charge >= 0.3 is 0 Å². The molecule has 0 spiro atoms. The fourth-order valence-corrected chi connectivity index (χ4v) is 3.88. The summed E-state index contributed by atoms with van der Waals surface area (Å²) in [6, 6.07) is 10.2. The van der Waals surface area contributed by atoms with E-state index >= 15 is 0 Å². The average Bonchev–Trinajstić information content (AvgIpc) is 2.93. The number of rotatable bonds is 3. The Morgan fingerprint density at radius 2 is 1.96 bits per heavy atom. The molecule has 2 aliphatic heterocycles. The third-order valence-corrected chi connectivity index (χ3v) is 5.13. The number of hydrogen-bond acceptors (Lipinski definition) is 3. The van der Waals surface area contributed by atoms with Crippen molar-refractivity contribution >= 4 is 11.8 Å². The first-order valence-corrected chi connectivity index (χ1v) is 9.46. The fraction of sp³-hybridized carbons (Fsp3) is 0.600. The zero-order valence-electron chi connectivity index (χ0n) is 15.1. The summed E-state index contributed by atoms with van der Waals surface area (Å²) in [4.78, 5) is 29.1. The first-order valence-electron chi connectivity index (χ1n) is 9.46. The largest absolute Gasteiger partial charge is 0.344 e. The maximum absolute atomic E-state index is 12.9. The molecule has 3 rings (SSSR count). The van der Waals surface area contributed by atoms with Gasteiger partial charge in [-0.15, -0.1) is 0 Å². The van der Waals surface area contributed by atoms with Crippen molar-refractivity contribution in [2.24, 2.45) is 5.92 Å². The summed E-state index contributed by atoms with van der Waals surface area (Å²) in [6.45, 7) is 6.52. The van der Waals surface area contributed by atoms with Crippen LogP contribution in [0.1, 0.15) is 38.2 Å². The molecule has 0 aromatic heterocycles. The van der Waals surface area contributed by atoms with Gasteiger partial charge in [0, 0.05) is 39.1 Å². The third kappa shape index (κ3) is 5.05. The summed E-state index contributed by atoms with van der Waals surface area (Å²) in [5.41, 5.74) is 1.31. The molecule has 0 unspecified atom stereocenters. The Balaban J connectivity index is 1.60. The second kappa shape index (κ2) is 8.48. The predicted octanol–water partition coefficient (Wildman–Crippen LogP) is 2.03. The average molecular weight is 343 g/mol. The van der Waals surface area contributed by atoms with Crippen LogP contribution in [0.25, 0.3) is 0 Å². The van der Waals surface area contributed by atoms with E-state index in [0.717, 1.165) is 52.0 Å². The molecule has 1 N–H and O–H groups in total. The number of carbonyl (C=O) groups is 2. The van der Waals surface area contributed by atoms with E-state index in [4.69, 9.17) is 0 Å². The summed E-state index contributed by atoms with van der Waals surface area (Å²) in [5, 5.41) is 2.92. The number of hydrogen-bond donors (Lipinski definition) is 1. The molecule has 2 heterocycles. The van der Waals surface area contributed by atoms with Crippen molar-refractivity contribution < 1.29 is 9.59 Å². The molecule has 5 heteroatoms. The highest BCUT2D eigenvalue weighted by molar-refractivity contribution is 5.88. The minimum atomic E-state index is -0.331. The molecule has 2 saturated heterocycles. The van der Waals surface area contributed by atoms with Gasteiger partial charge < -0.3 is 10.2 Å². The Bertz CT molecular complexity index is 590. The second-order valence-electron chi connectivity index (χ2n) is 7.48. The molecule has 1 aromatic carbocycles. The third-order valence-electron chi connectivity index (χ3n) is 5.13. The van der Waals surface area contributed by atoms with Gasteiger partial charge in [-0.25, -0.2) is 0 Å². The van der Waals surface area contributed by atoms with Crippen molar-refractivity contribution in [2.45, 2.75) is 45.2 Å². The Morgan fingerprint density at radius 1 is 1.16 bits per heavy atom. The Morgan fingerprint density at radius 3 is 2.76 bits per heavy atom. The van der Waals surface area contributed by atoms with Gasteiger partial charge in [0.1, 0.15) is 6.04 Å². The number of nitrogens with one attached hydrogen (secondary N) is 1. The van der Waals surface area contributed by atoms with Crippen LogP contribution in [-0.2, 0) is 16.1 Å². The van der Waals surface area contributed by atoms with Crippen LogP contribution in [0, 0.1) is 5.92 Å². The highest BCUT2D eigenvalue weighted by Crippen LogP contribution is 2.16. The molecule has 0 radical (unpaired) electrons. The lowest BCUT2D eigenvalue weighted by atomic mass is 10.1. The molecular weight excluding hydrogens is 314 g/mol. The van der Waals surface area contributed by atoms with Crippen LogP contribution >= 0.6 is 0 Å². The van der Waals surface area contributed by atoms with E-state index < -0.39 is 0 Å². The van der Waals surface area contributed by atoms with Crippen molar-refractivity contribution in [1.29, 1.82) is 0 Å². The molecule has 2 fully saturated rings. The Hall–Kier alpha value is -1.88. The van der Waals surface area contributed by atoms with E-state index in [1.54, 1.807) is 0 Å². The van der Waals surface area contributed by atoms with Gasteiger partial charge in [0.15, 0.2) is 0 Å². The summed E-state index contributed by atoms with van der Waals surface area (Å²) >= 11 is 0. The molecule has 2 aliphatic rings. The molecule has 0 bridgehead atoms. The zero-order valence-corrected chi connectivity index (χ0v) is 15.1. The van der Waals surface area contributed by atoms with E-state index in [1.165, 1.54) is 5.56 Å². The molecule has 25 heavy (non-hydrogen) atoms. The Labute approximate surface area is 150 Å². The van der Waals surface area contributed by atoms with Gasteiger partial charge in [-0.1, -0.05) is 43.7 Å². The molecular formula is C20H29N3O2. The van der Waals surface area contributed by atoms with Crippen molar-refractivity contribution in [3.05, 3.63) is 35.9 Å². The lowest BCUT2D eigenvalue weighted by molar-refractivity contribution is -0.136. The van der Waals surface area contributed by atoms with Crippen LogP contribution in [0.15, 0.2) is 30.3 Å². The lowest BCUT2D eigenvalue weighted by Gasteiger charge is -2.27. The van der Waals surface area contributed by atoms with Crippen LogP contribution in [0.2, 0.25) is 0 Å². The van der Waals surface area contributed by atoms with E-state index in [-0.39, 0.29) is 17.9 Å². The number of carbonyl (C=O) groups excluding carboxylic acids is 2. The smallest absolute Gasteiger partial charge is 0.245 e. The van der Waals surface area contributed by atoms with Crippen molar-refractivity contribution in [3.8, 4) is 0 Å². The van der Waals surface area contributed by atoms with Crippen LogP contribution in [0.4, 0.5) is 0 Å². The minimum absolute atomic E-state index is 0.0180. The van der Waals surface area contributed by atoms with E-state index in [9.17, 15) is 9.59 Å². The highest BCUT2D eigenvalue weighted by atomic mass is 16.2. The maximum atomic E-state index is 12.9. The molecule has 5 nitrogen and oxygen atoms in total. The molecule has 0 saturated carbocycles. The van der Waals surface area contributed by atoms with Gasteiger partial charge in [0.25, 0.3) is 0 Å². The molecule has 2 atom stereocenters. The second-order valence-corrected chi connectivity index (χ2v) is 7.48. The summed E-state index contributed by atoms with van der Waals surface area (Å²) in [5.74, 6) is 0.546. The van der Waals surface area contributed by atoms with Crippen LogP contribution < -0.4 is 5.32 Å². The quantitative estimate of drug-likeness (QED) is 0.914. The van der Waals surface area contributed by atoms with Gasteiger partial charge in [0.2, 0.25) is 11.8 Å². The summed E-state index contributed by atoms with van der Waals surface area (Å²) in [7, 11) is 0. The van der Waals surface area contributed by atoms with Crippen LogP contribution in [0.3, 0.4) is 0 Å². The van der Waals surface area contributed by atoms with E-state index in [1.807, 2.05) is 11.0 Å². The normalized spacial score (nSPS) is 25.8. The Kier molecular flexibility index (Phi) is 6.08. The summed E-state index contributed by atoms with van der Waals surface area (Å²) in [6.07, 6.45) is 3.14. The van der Waals surface area contributed by atoms with Gasteiger partial charge in [-0.3, -0.25) is 14.5 Å². The van der Waals surface area contributed by atoms with Gasteiger partial charge in [0.05, 0.1) is 0 Å². The SMILES string of the molecule is C[C@H]1CN(Cc2ccccc2)CCN(C(=O)[C@@H]2CCCCC(=O)N2)C1. The zero-order chi connectivity index (χ0) is 17.6. The topological polar surface area (TPSA) is 52.7 Å². The van der Waals surface area contributed by atoms with Crippen molar-refractivity contribution in [3.63, 3.8) is 0 Å². The van der Waals surface area contributed by atoms with Crippen molar-refractivity contribution in [2.75, 3.05) is 26.2 Å².